The lowest BCUT2D eigenvalue weighted by Gasteiger charge is -2.41. The second-order valence-corrected chi connectivity index (χ2v) is 12.4. The highest BCUT2D eigenvalue weighted by atomic mass is 16.2. The second kappa shape index (κ2) is 15.4. The van der Waals surface area contributed by atoms with Crippen LogP contribution >= 0.6 is 0 Å². The van der Waals surface area contributed by atoms with E-state index in [1.54, 1.807) is 4.90 Å². The average molecular weight is 542 g/mol. The molecule has 216 valence electrons. The normalized spacial score (nSPS) is 24.1. The Morgan fingerprint density at radius 3 is 1.62 bits per heavy atom. The first-order valence-corrected chi connectivity index (χ1v) is 16.2. The number of rotatable bonds is 17. The third-order valence-electron chi connectivity index (χ3n) is 9.48. The van der Waals surface area contributed by atoms with Gasteiger partial charge in [-0.3, -0.25) is 14.5 Å². The van der Waals surface area contributed by atoms with Crippen LogP contribution in [0.4, 0.5) is 0 Å². The van der Waals surface area contributed by atoms with Gasteiger partial charge in [-0.2, -0.15) is 0 Å². The van der Waals surface area contributed by atoms with Crippen molar-refractivity contribution in [3.63, 3.8) is 0 Å². The van der Waals surface area contributed by atoms with Crippen molar-refractivity contribution in [1.29, 1.82) is 0 Å². The molecule has 0 N–H and O–H groups in total. The number of allylic oxidation sites excluding steroid dienone is 2. The quantitative estimate of drug-likeness (QED) is 0.114. The molecule has 40 heavy (non-hydrogen) atoms. The number of carbonyl (C=O) groups is 2. The molecule has 0 bridgehead atoms. The first-order valence-electron chi connectivity index (χ1n) is 16.2. The number of imide groups is 1. The number of unbranched alkanes of at least 4 members (excludes halogenated alkanes) is 13. The van der Waals surface area contributed by atoms with E-state index in [-0.39, 0.29) is 29.6 Å². The third-order valence-corrected chi connectivity index (χ3v) is 9.48. The number of nitrogens with zero attached hydrogens (tertiary/aromatic N) is 1. The van der Waals surface area contributed by atoms with Crippen molar-refractivity contribution in [2.45, 2.75) is 116 Å². The summed E-state index contributed by atoms with van der Waals surface area (Å²) < 4.78 is 0. The Hall–Kier alpha value is -2.68. The molecular formula is C37H51NO2. The van der Waals surface area contributed by atoms with Crippen molar-refractivity contribution < 1.29 is 9.59 Å². The minimum Gasteiger partial charge on any atom is -0.282 e. The maximum atomic E-state index is 14.1. The van der Waals surface area contributed by atoms with Gasteiger partial charge in [-0.15, -0.1) is 0 Å². The van der Waals surface area contributed by atoms with E-state index in [2.05, 4.69) is 43.3 Å². The van der Waals surface area contributed by atoms with E-state index in [9.17, 15) is 9.59 Å². The zero-order valence-electron chi connectivity index (χ0n) is 25.0. The summed E-state index contributed by atoms with van der Waals surface area (Å²) in [5, 5.41) is 0. The summed E-state index contributed by atoms with van der Waals surface area (Å²) in [6.07, 6.45) is 22.5. The highest BCUT2D eigenvalue weighted by Crippen LogP contribution is 2.57. The number of hydrogen-bond acceptors (Lipinski definition) is 2. The molecule has 1 heterocycles. The summed E-state index contributed by atoms with van der Waals surface area (Å²) in [6.45, 7) is 4.86. The highest BCUT2D eigenvalue weighted by Gasteiger charge is 2.62. The summed E-state index contributed by atoms with van der Waals surface area (Å²) in [4.78, 5) is 29.6. The third kappa shape index (κ3) is 7.14. The van der Waals surface area contributed by atoms with Crippen LogP contribution in [0.15, 0.2) is 72.8 Å². The highest BCUT2D eigenvalue weighted by molar-refractivity contribution is 6.08. The molecule has 1 aliphatic heterocycles. The van der Waals surface area contributed by atoms with Crippen molar-refractivity contribution in [2.24, 2.45) is 11.3 Å². The van der Waals surface area contributed by atoms with Crippen LogP contribution in [0.2, 0.25) is 0 Å². The molecule has 3 heteroatoms. The Morgan fingerprint density at radius 2 is 1.10 bits per heavy atom. The minimum absolute atomic E-state index is 0.0105. The van der Waals surface area contributed by atoms with Crippen LogP contribution in [0.5, 0.6) is 0 Å². The summed E-state index contributed by atoms with van der Waals surface area (Å²) >= 11 is 0. The zero-order valence-corrected chi connectivity index (χ0v) is 25.0. The van der Waals surface area contributed by atoms with Crippen LogP contribution < -0.4 is 0 Å². The van der Waals surface area contributed by atoms with E-state index in [0.717, 1.165) is 24.0 Å². The second-order valence-electron chi connectivity index (χ2n) is 12.4. The van der Waals surface area contributed by atoms with Crippen molar-refractivity contribution in [3.05, 3.63) is 83.9 Å². The van der Waals surface area contributed by atoms with Gasteiger partial charge in [0, 0.05) is 18.4 Å². The fourth-order valence-corrected chi connectivity index (χ4v) is 7.12. The molecule has 2 aliphatic rings. The summed E-state index contributed by atoms with van der Waals surface area (Å²) in [5.41, 5.74) is 1.45. The molecule has 2 aromatic rings. The molecule has 4 unspecified atom stereocenters. The predicted octanol–water partition coefficient (Wildman–Crippen LogP) is 9.60. The van der Waals surface area contributed by atoms with Crippen LogP contribution in [0.25, 0.3) is 0 Å². The fourth-order valence-electron chi connectivity index (χ4n) is 7.12. The van der Waals surface area contributed by atoms with Crippen LogP contribution in [0.3, 0.4) is 0 Å². The number of carbonyl (C=O) groups excluding carboxylic acids is 2. The smallest absolute Gasteiger partial charge is 0.236 e. The minimum atomic E-state index is -0.774. The van der Waals surface area contributed by atoms with E-state index in [1.807, 2.05) is 43.3 Å². The molecule has 2 amide bonds. The lowest BCUT2D eigenvalue weighted by molar-refractivity contribution is -0.141. The lowest BCUT2D eigenvalue weighted by Crippen LogP contribution is -2.42. The van der Waals surface area contributed by atoms with Gasteiger partial charge < -0.3 is 0 Å². The lowest BCUT2D eigenvalue weighted by atomic mass is 9.58. The van der Waals surface area contributed by atoms with Crippen molar-refractivity contribution >= 4 is 11.8 Å². The van der Waals surface area contributed by atoms with E-state index < -0.39 is 5.41 Å². The Kier molecular flexibility index (Phi) is 11.6. The van der Waals surface area contributed by atoms with Gasteiger partial charge in [0.2, 0.25) is 11.8 Å². The van der Waals surface area contributed by atoms with E-state index >= 15 is 0 Å². The van der Waals surface area contributed by atoms with Gasteiger partial charge in [0.25, 0.3) is 0 Å². The van der Waals surface area contributed by atoms with Gasteiger partial charge in [-0.05, 0) is 24.5 Å². The molecule has 2 aromatic carbocycles. The Morgan fingerprint density at radius 1 is 0.625 bits per heavy atom. The van der Waals surface area contributed by atoms with Gasteiger partial charge >= 0.3 is 0 Å². The summed E-state index contributed by atoms with van der Waals surface area (Å²) in [6, 6.07) is 20.5. The summed E-state index contributed by atoms with van der Waals surface area (Å²) in [5.74, 6) is -0.526. The Labute approximate surface area is 243 Å². The Balaban J connectivity index is 1.28. The molecule has 1 aliphatic carbocycles. The maximum absolute atomic E-state index is 14.1. The number of likely N-dealkylation sites (tertiary alicyclic amines) is 1. The van der Waals surface area contributed by atoms with Crippen molar-refractivity contribution in [2.75, 3.05) is 6.54 Å². The van der Waals surface area contributed by atoms with Crippen molar-refractivity contribution in [1.82, 2.24) is 4.90 Å². The first kappa shape index (κ1) is 30.3. The van der Waals surface area contributed by atoms with Gasteiger partial charge in [0.15, 0.2) is 0 Å². The summed E-state index contributed by atoms with van der Waals surface area (Å²) in [7, 11) is 0. The maximum Gasteiger partial charge on any atom is 0.236 e. The number of benzene rings is 2. The molecule has 0 spiro atoms. The van der Waals surface area contributed by atoms with E-state index in [4.69, 9.17) is 0 Å². The predicted molar refractivity (Wildman–Crippen MR) is 166 cm³/mol. The standard InChI is InChI=1S/C37H51NO2/c1-3-4-5-6-7-8-9-10-11-12-13-14-15-22-29-38-35(39)34-32(30-23-18-16-19-24-30)27-28-33(37(34,2)36(38)40)31-25-20-17-21-26-31/h16-21,23-28,32-34H,3-15,22,29H2,1-2H3. The molecule has 1 fully saturated rings. The van der Waals surface area contributed by atoms with E-state index in [0.29, 0.717) is 6.54 Å². The zero-order chi connectivity index (χ0) is 28.2. The van der Waals surface area contributed by atoms with Crippen LogP contribution in [0.1, 0.15) is 127 Å². The monoisotopic (exact) mass is 541 g/mol. The van der Waals surface area contributed by atoms with Gasteiger partial charge in [-0.1, -0.05) is 163 Å². The molecule has 4 atom stereocenters. The van der Waals surface area contributed by atoms with Gasteiger partial charge in [-0.25, -0.2) is 0 Å². The fraction of sp³-hybridized carbons (Fsp3) is 0.568. The largest absolute Gasteiger partial charge is 0.282 e. The van der Waals surface area contributed by atoms with E-state index in [1.165, 1.54) is 77.0 Å². The SMILES string of the molecule is CCCCCCCCCCCCCCCCN1C(=O)C2C(c3ccccc3)C=CC(c3ccccc3)C2(C)C1=O. The molecule has 4 rings (SSSR count). The molecular weight excluding hydrogens is 490 g/mol. The van der Waals surface area contributed by atoms with Crippen LogP contribution in [-0.2, 0) is 9.59 Å². The number of amides is 2. The molecule has 0 radical (unpaired) electrons. The number of fused-ring (bicyclic) bond motifs is 1. The number of hydrogen-bond donors (Lipinski definition) is 0. The Bertz CT molecular complexity index is 1080. The van der Waals surface area contributed by atoms with Crippen LogP contribution in [0, 0.1) is 11.3 Å². The topological polar surface area (TPSA) is 37.4 Å². The average Bonchev–Trinajstić information content (AvgIpc) is 3.18. The van der Waals surface area contributed by atoms with Gasteiger partial charge in [0.1, 0.15) is 0 Å². The first-order chi connectivity index (χ1) is 19.6. The van der Waals surface area contributed by atoms with Crippen molar-refractivity contribution in [3.8, 4) is 0 Å². The molecule has 1 saturated heterocycles. The molecule has 0 saturated carbocycles. The molecule has 3 nitrogen and oxygen atoms in total. The molecule has 0 aromatic heterocycles. The van der Waals surface area contributed by atoms with Crippen LogP contribution in [-0.4, -0.2) is 23.3 Å². The van der Waals surface area contributed by atoms with Gasteiger partial charge in [0.05, 0.1) is 11.3 Å².